The van der Waals surface area contributed by atoms with Crippen LogP contribution in [0.2, 0.25) is 5.02 Å². The van der Waals surface area contributed by atoms with Crippen LogP contribution in [0.4, 0.5) is 17.3 Å². The number of carbonyl (C=O) groups excluding carboxylic acids is 1. The third-order valence-electron chi connectivity index (χ3n) is 4.79. The molecule has 148 valence electrons. The van der Waals surface area contributed by atoms with Crippen LogP contribution < -0.4 is 15.1 Å². The van der Waals surface area contributed by atoms with Crippen molar-refractivity contribution in [1.82, 2.24) is 15.2 Å². The molecule has 1 aliphatic rings. The molecule has 29 heavy (non-hydrogen) atoms. The molecule has 4 rings (SSSR count). The molecule has 0 atom stereocenters. The van der Waals surface area contributed by atoms with Crippen LogP contribution in [0.25, 0.3) is 0 Å². The number of hydrogen-bond donors (Lipinski definition) is 1. The Kier molecular flexibility index (Phi) is 5.86. The maximum atomic E-state index is 12.4. The smallest absolute Gasteiger partial charge is 0.257 e. The van der Waals surface area contributed by atoms with Gasteiger partial charge in [0.15, 0.2) is 5.82 Å². The van der Waals surface area contributed by atoms with Gasteiger partial charge in [-0.25, -0.2) is 4.98 Å². The molecular formula is C21H21ClN6O. The fourth-order valence-electron chi connectivity index (χ4n) is 3.31. The minimum Gasteiger partial charge on any atom is -0.355 e. The van der Waals surface area contributed by atoms with Gasteiger partial charge < -0.3 is 15.1 Å². The van der Waals surface area contributed by atoms with Gasteiger partial charge in [0, 0.05) is 49.3 Å². The number of halogens is 1. The number of hydrogen-bond acceptors (Lipinski definition) is 6. The first-order valence-corrected chi connectivity index (χ1v) is 9.87. The number of rotatable bonds is 4. The normalized spacial score (nSPS) is 14.4. The van der Waals surface area contributed by atoms with Crippen molar-refractivity contribution in [2.75, 3.05) is 41.3 Å². The highest BCUT2D eigenvalue weighted by molar-refractivity contribution is 6.30. The van der Waals surface area contributed by atoms with Crippen molar-refractivity contribution in [2.45, 2.75) is 6.42 Å². The standard InChI is InChI=1S/C21H21ClN6O/c22-17-4-1-5-18(14-17)25-21(29)16-7-8-19(23-15-16)27-10-3-11-28(13-12-27)20-6-2-9-24-26-20/h1-2,4-9,14-15H,3,10-13H2,(H,25,29). The minimum atomic E-state index is -0.212. The van der Waals surface area contributed by atoms with Gasteiger partial charge in [0.25, 0.3) is 5.91 Å². The Hall–Kier alpha value is -3.19. The third-order valence-corrected chi connectivity index (χ3v) is 5.03. The van der Waals surface area contributed by atoms with Gasteiger partial charge >= 0.3 is 0 Å². The minimum absolute atomic E-state index is 0.212. The average molecular weight is 409 g/mol. The Morgan fingerprint density at radius 3 is 2.48 bits per heavy atom. The number of carbonyl (C=O) groups is 1. The first-order valence-electron chi connectivity index (χ1n) is 9.49. The molecule has 1 N–H and O–H groups in total. The molecule has 3 heterocycles. The third kappa shape index (κ3) is 4.81. The summed E-state index contributed by atoms with van der Waals surface area (Å²) in [4.78, 5) is 21.4. The quantitative estimate of drug-likeness (QED) is 0.712. The first-order chi connectivity index (χ1) is 14.2. The molecule has 8 heteroatoms. The highest BCUT2D eigenvalue weighted by Crippen LogP contribution is 2.19. The second-order valence-electron chi connectivity index (χ2n) is 6.78. The van der Waals surface area contributed by atoms with Gasteiger partial charge in [0.1, 0.15) is 5.82 Å². The van der Waals surface area contributed by atoms with E-state index < -0.39 is 0 Å². The molecule has 1 amide bonds. The van der Waals surface area contributed by atoms with Gasteiger partial charge in [-0.15, -0.1) is 5.10 Å². The van der Waals surface area contributed by atoms with E-state index in [0.29, 0.717) is 16.3 Å². The summed E-state index contributed by atoms with van der Waals surface area (Å²) in [7, 11) is 0. The van der Waals surface area contributed by atoms with Gasteiger partial charge in [-0.1, -0.05) is 17.7 Å². The van der Waals surface area contributed by atoms with E-state index in [1.165, 1.54) is 0 Å². The van der Waals surface area contributed by atoms with E-state index in [4.69, 9.17) is 11.6 Å². The molecule has 0 saturated carbocycles. The molecule has 2 aromatic heterocycles. The first kappa shape index (κ1) is 19.1. The number of aromatic nitrogens is 3. The van der Waals surface area contributed by atoms with Crippen molar-refractivity contribution in [1.29, 1.82) is 0 Å². The number of amides is 1. The van der Waals surface area contributed by atoms with Crippen molar-refractivity contribution in [3.8, 4) is 0 Å². The SMILES string of the molecule is O=C(Nc1cccc(Cl)c1)c1ccc(N2CCCN(c3cccnn3)CC2)nc1. The number of benzene rings is 1. The van der Waals surface area contributed by atoms with Gasteiger partial charge in [0.2, 0.25) is 0 Å². The molecule has 0 aliphatic carbocycles. The van der Waals surface area contributed by atoms with Crippen molar-refractivity contribution < 1.29 is 4.79 Å². The summed E-state index contributed by atoms with van der Waals surface area (Å²) in [5.41, 5.74) is 1.16. The van der Waals surface area contributed by atoms with Gasteiger partial charge in [-0.3, -0.25) is 4.79 Å². The molecule has 1 aromatic carbocycles. The molecule has 1 aliphatic heterocycles. The van der Waals surface area contributed by atoms with Crippen molar-refractivity contribution in [2.24, 2.45) is 0 Å². The summed E-state index contributed by atoms with van der Waals surface area (Å²) < 4.78 is 0. The van der Waals surface area contributed by atoms with Crippen LogP contribution >= 0.6 is 11.6 Å². The van der Waals surface area contributed by atoms with E-state index in [-0.39, 0.29) is 5.91 Å². The van der Waals surface area contributed by atoms with E-state index in [2.05, 4.69) is 30.3 Å². The lowest BCUT2D eigenvalue weighted by Gasteiger charge is -2.23. The van der Waals surface area contributed by atoms with Gasteiger partial charge in [-0.05, 0) is 48.9 Å². The van der Waals surface area contributed by atoms with Crippen molar-refractivity contribution in [3.05, 3.63) is 71.5 Å². The topological polar surface area (TPSA) is 74.2 Å². The van der Waals surface area contributed by atoms with Crippen LogP contribution in [0, 0.1) is 0 Å². The molecule has 0 bridgehead atoms. The van der Waals surface area contributed by atoms with Gasteiger partial charge in [0.05, 0.1) is 5.56 Å². The summed E-state index contributed by atoms with van der Waals surface area (Å²) in [5.74, 6) is 1.55. The molecule has 0 radical (unpaired) electrons. The monoisotopic (exact) mass is 408 g/mol. The van der Waals surface area contributed by atoms with E-state index in [1.54, 1.807) is 42.7 Å². The Balaban J connectivity index is 1.39. The Morgan fingerprint density at radius 1 is 0.966 bits per heavy atom. The molecule has 3 aromatic rings. The molecule has 0 unspecified atom stereocenters. The highest BCUT2D eigenvalue weighted by Gasteiger charge is 2.17. The van der Waals surface area contributed by atoms with Crippen LogP contribution in [-0.2, 0) is 0 Å². The number of anilines is 3. The summed E-state index contributed by atoms with van der Waals surface area (Å²) >= 11 is 5.96. The van der Waals surface area contributed by atoms with Crippen LogP contribution in [0.5, 0.6) is 0 Å². The molecule has 1 fully saturated rings. The van der Waals surface area contributed by atoms with E-state index in [9.17, 15) is 4.79 Å². The maximum absolute atomic E-state index is 12.4. The lowest BCUT2D eigenvalue weighted by atomic mass is 10.2. The fourth-order valence-corrected chi connectivity index (χ4v) is 3.50. The second-order valence-corrected chi connectivity index (χ2v) is 7.22. The van der Waals surface area contributed by atoms with Crippen LogP contribution in [0.1, 0.15) is 16.8 Å². The largest absolute Gasteiger partial charge is 0.355 e. The fraction of sp³-hybridized carbons (Fsp3) is 0.238. The Labute approximate surface area is 174 Å². The predicted molar refractivity (Wildman–Crippen MR) is 115 cm³/mol. The second kappa shape index (κ2) is 8.87. The number of pyridine rings is 1. The van der Waals surface area contributed by atoms with E-state index in [0.717, 1.165) is 44.2 Å². The molecule has 1 saturated heterocycles. The average Bonchev–Trinajstić information content (AvgIpc) is 3.01. The van der Waals surface area contributed by atoms with Crippen LogP contribution in [0.15, 0.2) is 60.9 Å². The van der Waals surface area contributed by atoms with E-state index in [1.807, 2.05) is 18.2 Å². The summed E-state index contributed by atoms with van der Waals surface area (Å²) in [5, 5.41) is 11.6. The van der Waals surface area contributed by atoms with Crippen LogP contribution in [-0.4, -0.2) is 47.3 Å². The van der Waals surface area contributed by atoms with Crippen molar-refractivity contribution >= 4 is 34.8 Å². The maximum Gasteiger partial charge on any atom is 0.257 e. The summed E-state index contributed by atoms with van der Waals surface area (Å²) in [6, 6.07) is 14.6. The molecular weight excluding hydrogens is 388 g/mol. The predicted octanol–water partition coefficient (Wildman–Crippen LogP) is 3.49. The Morgan fingerprint density at radius 2 is 1.79 bits per heavy atom. The molecule has 0 spiro atoms. The highest BCUT2D eigenvalue weighted by atomic mass is 35.5. The zero-order chi connectivity index (χ0) is 20.1. The van der Waals surface area contributed by atoms with Crippen LogP contribution in [0.3, 0.4) is 0 Å². The van der Waals surface area contributed by atoms with E-state index >= 15 is 0 Å². The Bertz CT molecular complexity index is 966. The van der Waals surface area contributed by atoms with Crippen molar-refractivity contribution in [3.63, 3.8) is 0 Å². The lowest BCUT2D eigenvalue weighted by Crippen LogP contribution is -2.31. The lowest BCUT2D eigenvalue weighted by molar-refractivity contribution is 0.102. The summed E-state index contributed by atoms with van der Waals surface area (Å²) in [6.45, 7) is 3.50. The number of nitrogens with one attached hydrogen (secondary N) is 1. The summed E-state index contributed by atoms with van der Waals surface area (Å²) in [6.07, 6.45) is 4.29. The zero-order valence-corrected chi connectivity index (χ0v) is 16.6. The molecule has 7 nitrogen and oxygen atoms in total. The van der Waals surface area contributed by atoms with Gasteiger partial charge in [-0.2, -0.15) is 5.10 Å². The number of nitrogens with zero attached hydrogens (tertiary/aromatic N) is 5. The zero-order valence-electron chi connectivity index (χ0n) is 15.8.